The van der Waals surface area contributed by atoms with E-state index in [4.69, 9.17) is 0 Å². The quantitative estimate of drug-likeness (QED) is 0.163. The van der Waals surface area contributed by atoms with Crippen molar-refractivity contribution in [2.75, 3.05) is 9.80 Å². The van der Waals surface area contributed by atoms with E-state index < -0.39 is 0 Å². The van der Waals surface area contributed by atoms with Crippen LogP contribution in [0.15, 0.2) is 91.0 Å². The van der Waals surface area contributed by atoms with E-state index in [1.165, 1.54) is 139 Å². The molecule has 0 saturated heterocycles. The van der Waals surface area contributed by atoms with E-state index in [1.54, 1.807) is 5.56 Å². The summed E-state index contributed by atoms with van der Waals surface area (Å²) in [6.07, 6.45) is 11.2. The number of hydrogen-bond donors (Lipinski definition) is 0. The Labute approximate surface area is 425 Å². The van der Waals surface area contributed by atoms with Crippen LogP contribution in [0.5, 0.6) is 0 Å². The Bertz CT molecular complexity index is 3150. The van der Waals surface area contributed by atoms with Gasteiger partial charge in [0.15, 0.2) is 0 Å². The predicted octanol–water partition coefficient (Wildman–Crippen LogP) is 16.2. The molecule has 0 N–H and O–H groups in total. The molecule has 2 nitrogen and oxygen atoms in total. The first-order chi connectivity index (χ1) is 33.0. The third-order valence-corrected chi connectivity index (χ3v) is 22.3. The van der Waals surface area contributed by atoms with Crippen LogP contribution in [0, 0.1) is 41.4 Å². The molecule has 0 unspecified atom stereocenters. The second-order valence-corrected chi connectivity index (χ2v) is 30.2. The molecular weight excluding hydrogens is 864 g/mol. The van der Waals surface area contributed by atoms with Crippen LogP contribution in [0.4, 0.5) is 34.1 Å². The summed E-state index contributed by atoms with van der Waals surface area (Å²) in [6.45, 7) is 31.6. The summed E-state index contributed by atoms with van der Waals surface area (Å²) in [4.78, 5) is 5.62. The van der Waals surface area contributed by atoms with Crippen molar-refractivity contribution in [1.82, 2.24) is 0 Å². The Morgan fingerprint density at radius 2 is 1.09 bits per heavy atom. The Kier molecular flexibility index (Phi) is 8.92. The van der Waals surface area contributed by atoms with Gasteiger partial charge in [0.25, 0.3) is 6.71 Å². The number of benzene rings is 5. The first-order valence-corrected chi connectivity index (χ1v) is 28.6. The molecule has 7 fully saturated rings. The monoisotopic (exact) mass is 941 g/mol. The lowest BCUT2D eigenvalue weighted by molar-refractivity contribution is -0.212. The SMILES string of the molecule is CC(C)(C)c1cccc(N2c3cc(C(C)(C)C)ccc3B3c4sc5ccc(C(C)(C)C)cc5c4N(c4ccc5c(c4)C(C)(C)CCC5(C)C)c4cc([C@]56CC7C8CC9C[C@@H]7C(C5)[C@@H](C9)C8C6)cc2c43)c1. The van der Waals surface area contributed by atoms with Gasteiger partial charge in [-0.3, -0.25) is 0 Å². The average Bonchev–Trinajstić information content (AvgIpc) is 3.69. The largest absolute Gasteiger partial charge is 0.311 e. The second kappa shape index (κ2) is 14.1. The molecule has 5 aromatic carbocycles. The van der Waals surface area contributed by atoms with Crippen LogP contribution in [0.1, 0.15) is 175 Å². The van der Waals surface area contributed by atoms with Gasteiger partial charge in [0.05, 0.1) is 5.69 Å². The number of fused-ring (bicyclic) bond motifs is 7. The zero-order valence-electron chi connectivity index (χ0n) is 44.7. The molecule has 2 aliphatic heterocycles. The van der Waals surface area contributed by atoms with E-state index in [0.717, 1.165) is 41.4 Å². The minimum Gasteiger partial charge on any atom is -0.311 e. The lowest BCUT2D eigenvalue weighted by atomic mass is 9.32. The molecule has 4 heteroatoms. The summed E-state index contributed by atoms with van der Waals surface area (Å²) in [5.41, 5.74) is 20.6. The molecule has 0 atom stereocenters. The maximum absolute atomic E-state index is 2.85. The predicted molar refractivity (Wildman–Crippen MR) is 301 cm³/mol. The molecule has 1 aromatic heterocycles. The van der Waals surface area contributed by atoms with Crippen molar-refractivity contribution in [3.05, 3.63) is 124 Å². The molecule has 0 radical (unpaired) electrons. The number of anilines is 6. The van der Waals surface area contributed by atoms with Crippen LogP contribution in [0.2, 0.25) is 0 Å². The highest BCUT2D eigenvalue weighted by atomic mass is 32.1. The minimum atomic E-state index is 0.00330. The van der Waals surface area contributed by atoms with Crippen molar-refractivity contribution in [2.24, 2.45) is 41.4 Å². The maximum Gasteiger partial charge on any atom is 0.264 e. The van der Waals surface area contributed by atoms with Crippen molar-refractivity contribution in [3.63, 3.8) is 0 Å². The smallest absolute Gasteiger partial charge is 0.264 e. The number of rotatable bonds is 3. The molecule has 8 aliphatic carbocycles. The van der Waals surface area contributed by atoms with Gasteiger partial charge in [-0.15, -0.1) is 11.3 Å². The number of hydrogen-bond acceptors (Lipinski definition) is 3. The Morgan fingerprint density at radius 3 is 1.71 bits per heavy atom. The molecule has 70 heavy (non-hydrogen) atoms. The lowest BCUT2D eigenvalue weighted by Crippen LogP contribution is -2.66. The molecule has 16 rings (SSSR count). The molecule has 8 bridgehead atoms. The highest BCUT2D eigenvalue weighted by Crippen LogP contribution is 2.75. The first-order valence-electron chi connectivity index (χ1n) is 27.7. The highest BCUT2D eigenvalue weighted by Gasteiger charge is 2.68. The molecule has 6 aromatic rings. The minimum absolute atomic E-state index is 0.00330. The Morgan fingerprint density at radius 1 is 0.529 bits per heavy atom. The van der Waals surface area contributed by atoms with Crippen LogP contribution in [-0.4, -0.2) is 6.71 Å². The molecular formula is C66H77BN2S. The average molecular weight is 941 g/mol. The van der Waals surface area contributed by atoms with Gasteiger partial charge in [0, 0.05) is 43.3 Å². The van der Waals surface area contributed by atoms with Crippen LogP contribution < -0.4 is 25.5 Å². The van der Waals surface area contributed by atoms with E-state index in [0.29, 0.717) is 0 Å². The summed E-state index contributed by atoms with van der Waals surface area (Å²) in [6, 6.07) is 38.2. The van der Waals surface area contributed by atoms with Crippen LogP contribution in [0.25, 0.3) is 10.1 Å². The standard InChI is InChI=1S/C66H77BN2S/c1-61(2,3)38-15-14-16-42(28-38)68-54-30-40(63(7,8)9)17-21-53(54)67-58-55(68)31-41(66-34-48-44-25-37-26-45(48)50(36-66)46(27-37)49(44)35-66)32-56(58)69(43-19-20-51-52(33-43)65(12,13)24-23-64(51,10)11)59-47-29-39(62(4,5)6)18-22-57(47)70-60(59)67/h14-22,28-33,37,44-46,48-50H,23-27,34-36H2,1-13H3/t37?,44-,45-,46?,48?,49?,50?,66-/m1/s1. The van der Waals surface area contributed by atoms with E-state index in [9.17, 15) is 0 Å². The normalized spacial score (nSPS) is 29.4. The van der Waals surface area contributed by atoms with Gasteiger partial charge in [-0.05, 0) is 224 Å². The third kappa shape index (κ3) is 6.10. The van der Waals surface area contributed by atoms with Crippen LogP contribution in [-0.2, 0) is 32.5 Å². The van der Waals surface area contributed by atoms with Gasteiger partial charge >= 0.3 is 0 Å². The maximum atomic E-state index is 2.85. The first kappa shape index (κ1) is 44.4. The van der Waals surface area contributed by atoms with Gasteiger partial charge in [0.2, 0.25) is 0 Å². The molecule has 360 valence electrons. The fraction of sp³-hybridized carbons (Fsp3) is 0.515. The summed E-state index contributed by atoms with van der Waals surface area (Å²) in [7, 11) is 0. The van der Waals surface area contributed by atoms with Gasteiger partial charge in [-0.1, -0.05) is 126 Å². The van der Waals surface area contributed by atoms with E-state index in [-0.39, 0.29) is 39.2 Å². The topological polar surface area (TPSA) is 6.48 Å². The van der Waals surface area contributed by atoms with E-state index >= 15 is 0 Å². The Hall–Kier alpha value is -4.28. The van der Waals surface area contributed by atoms with E-state index in [1.807, 2.05) is 0 Å². The van der Waals surface area contributed by atoms with Gasteiger partial charge in [-0.2, -0.15) is 0 Å². The van der Waals surface area contributed by atoms with Crippen LogP contribution >= 0.6 is 11.3 Å². The summed E-state index contributed by atoms with van der Waals surface area (Å²) >= 11 is 2.07. The Balaban J connectivity index is 1.10. The van der Waals surface area contributed by atoms with Crippen LogP contribution in [0.3, 0.4) is 0 Å². The molecule has 0 amide bonds. The van der Waals surface area contributed by atoms with Crippen molar-refractivity contribution < 1.29 is 0 Å². The summed E-state index contributed by atoms with van der Waals surface area (Å²) in [5.74, 6) is 6.67. The summed E-state index contributed by atoms with van der Waals surface area (Å²) in [5, 5.41) is 1.41. The van der Waals surface area contributed by atoms with E-state index in [2.05, 4.69) is 202 Å². The van der Waals surface area contributed by atoms with Crippen molar-refractivity contribution >= 4 is 78.0 Å². The fourth-order valence-corrected chi connectivity index (χ4v) is 18.7. The van der Waals surface area contributed by atoms with Crippen molar-refractivity contribution in [3.8, 4) is 0 Å². The molecule has 10 aliphatic rings. The van der Waals surface area contributed by atoms with Gasteiger partial charge in [-0.25, -0.2) is 0 Å². The molecule has 7 saturated carbocycles. The number of thiophene rings is 1. The van der Waals surface area contributed by atoms with Crippen molar-refractivity contribution in [2.45, 2.75) is 174 Å². The van der Waals surface area contributed by atoms with Crippen molar-refractivity contribution in [1.29, 1.82) is 0 Å². The number of nitrogens with zero attached hydrogens (tertiary/aromatic N) is 2. The summed E-state index contributed by atoms with van der Waals surface area (Å²) < 4.78 is 2.89. The lowest BCUT2D eigenvalue weighted by Gasteiger charge is -2.72. The zero-order chi connectivity index (χ0) is 48.6. The second-order valence-electron chi connectivity index (χ2n) is 29.1. The van der Waals surface area contributed by atoms with Gasteiger partial charge < -0.3 is 9.80 Å². The highest BCUT2D eigenvalue weighted by molar-refractivity contribution is 7.33. The molecule has 0 spiro atoms. The molecule has 3 heterocycles. The van der Waals surface area contributed by atoms with Gasteiger partial charge in [0.1, 0.15) is 0 Å². The third-order valence-electron chi connectivity index (χ3n) is 21.1. The zero-order valence-corrected chi connectivity index (χ0v) is 45.6. The fourth-order valence-electron chi connectivity index (χ4n) is 17.4.